The van der Waals surface area contributed by atoms with Crippen molar-refractivity contribution in [1.29, 1.82) is 0 Å². The van der Waals surface area contributed by atoms with Crippen molar-refractivity contribution in [2.75, 3.05) is 0 Å². The van der Waals surface area contributed by atoms with E-state index in [1.165, 1.54) is 6.07 Å². The third-order valence-corrected chi connectivity index (χ3v) is 3.70. The lowest BCUT2D eigenvalue weighted by atomic mass is 10.1. The number of halogens is 3. The maximum absolute atomic E-state index is 13.8. The first-order chi connectivity index (χ1) is 9.52. The monoisotopic (exact) mass is 344 g/mol. The minimum Gasteiger partial charge on any atom is -0.304 e. The molecule has 0 aliphatic heterocycles. The third-order valence-electron chi connectivity index (χ3n) is 3.09. The summed E-state index contributed by atoms with van der Waals surface area (Å²) in [7, 11) is 0. The molecule has 1 aromatic carbocycles. The van der Waals surface area contributed by atoms with Crippen molar-refractivity contribution in [3.63, 3.8) is 0 Å². The molecule has 0 aliphatic carbocycles. The van der Waals surface area contributed by atoms with Crippen molar-refractivity contribution < 1.29 is 8.78 Å². The molecule has 0 saturated heterocycles. The Kier molecular flexibility index (Phi) is 4.82. The summed E-state index contributed by atoms with van der Waals surface area (Å²) >= 11 is 2.96. The molecule has 1 heterocycles. The molecule has 0 amide bonds. The molecule has 108 valence electrons. The maximum Gasteiger partial charge on any atom is 0.137 e. The molecule has 0 fully saturated rings. The SMILES string of the molecule is CCn1nncc1CNC(C)c1cc(F)c(Br)cc1F. The van der Waals surface area contributed by atoms with Gasteiger partial charge in [0.05, 0.1) is 16.4 Å². The Balaban J connectivity index is 2.09. The molecule has 0 bridgehead atoms. The second-order valence-corrected chi connectivity index (χ2v) is 5.29. The Bertz CT molecular complexity index is 600. The van der Waals surface area contributed by atoms with Crippen LogP contribution in [0.1, 0.15) is 31.1 Å². The molecular formula is C13H15BrF2N4. The zero-order chi connectivity index (χ0) is 14.7. The first kappa shape index (κ1) is 15.1. The summed E-state index contributed by atoms with van der Waals surface area (Å²) in [5, 5.41) is 10.9. The van der Waals surface area contributed by atoms with Gasteiger partial charge in [0.15, 0.2) is 0 Å². The van der Waals surface area contributed by atoms with Crippen LogP contribution in [0.3, 0.4) is 0 Å². The Morgan fingerprint density at radius 2 is 2.10 bits per heavy atom. The highest BCUT2D eigenvalue weighted by Gasteiger charge is 2.14. The Morgan fingerprint density at radius 3 is 2.80 bits per heavy atom. The van der Waals surface area contributed by atoms with E-state index in [0.29, 0.717) is 18.7 Å². The van der Waals surface area contributed by atoms with Crippen molar-refractivity contribution in [2.24, 2.45) is 0 Å². The molecule has 0 radical (unpaired) electrons. The van der Waals surface area contributed by atoms with E-state index in [-0.39, 0.29) is 10.5 Å². The van der Waals surface area contributed by atoms with Gasteiger partial charge in [-0.15, -0.1) is 5.10 Å². The highest BCUT2D eigenvalue weighted by atomic mass is 79.9. The normalized spacial score (nSPS) is 12.7. The number of nitrogens with one attached hydrogen (secondary N) is 1. The Labute approximate surface area is 124 Å². The summed E-state index contributed by atoms with van der Waals surface area (Å²) in [4.78, 5) is 0. The standard InChI is InChI=1S/C13H15BrF2N4/c1-3-20-9(7-18-19-20)6-17-8(2)10-4-13(16)11(14)5-12(10)15/h4-5,7-8,17H,3,6H2,1-2H3. The van der Waals surface area contributed by atoms with Gasteiger partial charge in [-0.3, -0.25) is 0 Å². The fourth-order valence-corrected chi connectivity index (χ4v) is 2.23. The van der Waals surface area contributed by atoms with Crippen LogP contribution in [0.4, 0.5) is 8.78 Å². The van der Waals surface area contributed by atoms with Crippen LogP contribution in [0, 0.1) is 11.6 Å². The summed E-state index contributed by atoms with van der Waals surface area (Å²) in [5.41, 5.74) is 1.19. The van der Waals surface area contributed by atoms with Crippen LogP contribution in [0.2, 0.25) is 0 Å². The molecule has 0 saturated carbocycles. The largest absolute Gasteiger partial charge is 0.304 e. The smallest absolute Gasteiger partial charge is 0.137 e. The fraction of sp³-hybridized carbons (Fsp3) is 0.385. The van der Waals surface area contributed by atoms with Gasteiger partial charge >= 0.3 is 0 Å². The molecule has 4 nitrogen and oxygen atoms in total. The van der Waals surface area contributed by atoms with Crippen molar-refractivity contribution in [2.45, 2.75) is 33.0 Å². The quantitative estimate of drug-likeness (QED) is 0.847. The molecule has 0 spiro atoms. The minimum absolute atomic E-state index is 0.124. The summed E-state index contributed by atoms with van der Waals surface area (Å²) in [6.07, 6.45) is 1.65. The number of benzene rings is 1. The van der Waals surface area contributed by atoms with E-state index in [1.807, 2.05) is 6.92 Å². The summed E-state index contributed by atoms with van der Waals surface area (Å²) in [6.45, 7) is 4.95. The molecule has 2 rings (SSSR count). The van der Waals surface area contributed by atoms with Crippen LogP contribution in [-0.4, -0.2) is 15.0 Å². The Hall–Kier alpha value is -1.34. The fourth-order valence-electron chi connectivity index (χ4n) is 1.92. The van der Waals surface area contributed by atoms with E-state index < -0.39 is 11.6 Å². The molecule has 0 aliphatic rings. The van der Waals surface area contributed by atoms with E-state index in [0.717, 1.165) is 11.8 Å². The second kappa shape index (κ2) is 6.41. The van der Waals surface area contributed by atoms with E-state index in [1.54, 1.807) is 17.8 Å². The van der Waals surface area contributed by atoms with Gasteiger partial charge in [0.1, 0.15) is 11.6 Å². The Morgan fingerprint density at radius 1 is 1.35 bits per heavy atom. The van der Waals surface area contributed by atoms with Gasteiger partial charge in [0.25, 0.3) is 0 Å². The van der Waals surface area contributed by atoms with Crippen molar-refractivity contribution >= 4 is 15.9 Å². The van der Waals surface area contributed by atoms with Crippen LogP contribution in [-0.2, 0) is 13.1 Å². The predicted octanol–water partition coefficient (Wildman–Crippen LogP) is 3.19. The van der Waals surface area contributed by atoms with Crippen LogP contribution in [0.5, 0.6) is 0 Å². The summed E-state index contributed by atoms with van der Waals surface area (Å²) in [5.74, 6) is -0.921. The average Bonchev–Trinajstić information content (AvgIpc) is 2.87. The van der Waals surface area contributed by atoms with E-state index in [2.05, 4.69) is 31.6 Å². The summed E-state index contributed by atoms with van der Waals surface area (Å²) < 4.78 is 29.2. The lowest BCUT2D eigenvalue weighted by Crippen LogP contribution is -2.21. The number of aromatic nitrogens is 3. The molecule has 1 N–H and O–H groups in total. The molecule has 1 aromatic heterocycles. The number of hydrogen-bond donors (Lipinski definition) is 1. The van der Waals surface area contributed by atoms with Crippen LogP contribution in [0.25, 0.3) is 0 Å². The molecule has 1 atom stereocenters. The second-order valence-electron chi connectivity index (χ2n) is 4.43. The zero-order valence-corrected chi connectivity index (χ0v) is 12.8. The number of hydrogen-bond acceptors (Lipinski definition) is 3. The molecule has 2 aromatic rings. The van der Waals surface area contributed by atoms with Gasteiger partial charge in [-0.05, 0) is 41.9 Å². The van der Waals surface area contributed by atoms with Gasteiger partial charge in [-0.2, -0.15) is 0 Å². The van der Waals surface area contributed by atoms with Crippen LogP contribution >= 0.6 is 15.9 Å². The first-order valence-corrected chi connectivity index (χ1v) is 7.07. The van der Waals surface area contributed by atoms with Gasteiger partial charge in [-0.25, -0.2) is 13.5 Å². The lowest BCUT2D eigenvalue weighted by Gasteiger charge is -2.15. The third kappa shape index (κ3) is 3.21. The minimum atomic E-state index is -0.477. The van der Waals surface area contributed by atoms with Crippen molar-refractivity contribution in [3.05, 3.63) is 45.7 Å². The average molecular weight is 345 g/mol. The predicted molar refractivity (Wildman–Crippen MR) is 75.0 cm³/mol. The molecule has 20 heavy (non-hydrogen) atoms. The van der Waals surface area contributed by atoms with Gasteiger partial charge in [0.2, 0.25) is 0 Å². The van der Waals surface area contributed by atoms with E-state index in [4.69, 9.17) is 0 Å². The van der Waals surface area contributed by atoms with Crippen molar-refractivity contribution in [3.8, 4) is 0 Å². The molecule has 7 heteroatoms. The number of rotatable bonds is 5. The van der Waals surface area contributed by atoms with E-state index in [9.17, 15) is 8.78 Å². The molecular weight excluding hydrogens is 330 g/mol. The van der Waals surface area contributed by atoms with Crippen LogP contribution in [0.15, 0.2) is 22.8 Å². The van der Waals surface area contributed by atoms with E-state index >= 15 is 0 Å². The number of nitrogens with zero attached hydrogens (tertiary/aromatic N) is 3. The highest BCUT2D eigenvalue weighted by molar-refractivity contribution is 9.10. The summed E-state index contributed by atoms with van der Waals surface area (Å²) in [6, 6.07) is 2.02. The first-order valence-electron chi connectivity index (χ1n) is 6.28. The maximum atomic E-state index is 13.8. The number of aryl methyl sites for hydroxylation is 1. The van der Waals surface area contributed by atoms with Gasteiger partial charge in [0, 0.05) is 24.7 Å². The lowest BCUT2D eigenvalue weighted by molar-refractivity contribution is 0.498. The van der Waals surface area contributed by atoms with Gasteiger partial charge < -0.3 is 5.32 Å². The topological polar surface area (TPSA) is 42.7 Å². The highest BCUT2D eigenvalue weighted by Crippen LogP contribution is 2.24. The molecule has 1 unspecified atom stereocenters. The van der Waals surface area contributed by atoms with Crippen molar-refractivity contribution in [1.82, 2.24) is 20.3 Å². The zero-order valence-electron chi connectivity index (χ0n) is 11.2. The van der Waals surface area contributed by atoms with Gasteiger partial charge in [-0.1, -0.05) is 5.21 Å². The van der Waals surface area contributed by atoms with Crippen LogP contribution < -0.4 is 5.32 Å².